The minimum Gasteiger partial charge on any atom is -0.361 e. The Kier molecular flexibility index (Phi) is 5.34. The Hall–Kier alpha value is -3.15. The van der Waals surface area contributed by atoms with Gasteiger partial charge >= 0.3 is 0 Å². The number of aromatic nitrogens is 4. The number of benzene rings is 1. The van der Waals surface area contributed by atoms with E-state index in [-0.39, 0.29) is 11.9 Å². The van der Waals surface area contributed by atoms with Crippen molar-refractivity contribution in [1.29, 1.82) is 0 Å². The van der Waals surface area contributed by atoms with E-state index in [4.69, 9.17) is 4.98 Å². The lowest BCUT2D eigenvalue weighted by Gasteiger charge is -2.21. The van der Waals surface area contributed by atoms with Crippen LogP contribution in [0.15, 0.2) is 48.8 Å². The Balaban J connectivity index is 1.61. The first-order chi connectivity index (χ1) is 14.1. The van der Waals surface area contributed by atoms with Gasteiger partial charge in [-0.25, -0.2) is 9.97 Å². The third kappa shape index (κ3) is 3.88. The van der Waals surface area contributed by atoms with Gasteiger partial charge in [-0.05, 0) is 43.0 Å². The summed E-state index contributed by atoms with van der Waals surface area (Å²) in [7, 11) is 0. The summed E-state index contributed by atoms with van der Waals surface area (Å²) < 4.78 is 2.11. The molecule has 0 aliphatic heterocycles. The van der Waals surface area contributed by atoms with Gasteiger partial charge in [0.15, 0.2) is 5.65 Å². The number of aryl methyl sites for hydroxylation is 1. The van der Waals surface area contributed by atoms with Crippen molar-refractivity contribution >= 4 is 28.0 Å². The van der Waals surface area contributed by atoms with E-state index in [1.165, 1.54) is 0 Å². The average molecular weight is 390 g/mol. The standard InChI is InChI=1S/C23H27N5O/c1-4-28-22-19(10-7-11-24-22)27-23(28)20(12-15(2)3)26-21(29)13-16-14-25-18-9-6-5-8-17(16)18/h5-11,14-15,20,25H,4,12-13H2,1-3H3,(H,26,29). The van der Waals surface area contributed by atoms with Crippen molar-refractivity contribution < 1.29 is 4.79 Å². The van der Waals surface area contributed by atoms with Gasteiger partial charge in [-0.3, -0.25) is 4.79 Å². The van der Waals surface area contributed by atoms with Gasteiger partial charge in [-0.1, -0.05) is 32.0 Å². The average Bonchev–Trinajstić information content (AvgIpc) is 3.28. The highest BCUT2D eigenvalue weighted by atomic mass is 16.1. The number of H-pyrrole nitrogens is 1. The van der Waals surface area contributed by atoms with Gasteiger partial charge in [-0.15, -0.1) is 0 Å². The van der Waals surface area contributed by atoms with Crippen LogP contribution in [0.25, 0.3) is 22.1 Å². The highest BCUT2D eigenvalue weighted by molar-refractivity contribution is 5.89. The SMILES string of the molecule is CCn1c(C(CC(C)C)NC(=O)Cc2c[nH]c3ccccc23)nc2cccnc21. The molecule has 1 atom stereocenters. The number of nitrogens with zero attached hydrogens (tertiary/aromatic N) is 3. The van der Waals surface area contributed by atoms with Crippen LogP contribution in [0.4, 0.5) is 0 Å². The minimum atomic E-state index is -0.151. The highest BCUT2D eigenvalue weighted by Crippen LogP contribution is 2.25. The summed E-state index contributed by atoms with van der Waals surface area (Å²) in [5.41, 5.74) is 3.79. The second kappa shape index (κ2) is 8.07. The van der Waals surface area contributed by atoms with Crippen LogP contribution in [-0.4, -0.2) is 25.4 Å². The highest BCUT2D eigenvalue weighted by Gasteiger charge is 2.23. The van der Waals surface area contributed by atoms with E-state index in [1.807, 2.05) is 42.6 Å². The number of fused-ring (bicyclic) bond motifs is 2. The van der Waals surface area contributed by atoms with Crippen LogP contribution in [0.2, 0.25) is 0 Å². The van der Waals surface area contributed by atoms with Crippen molar-refractivity contribution in [3.05, 3.63) is 60.2 Å². The number of pyridine rings is 1. The Morgan fingerprint density at radius 1 is 1.21 bits per heavy atom. The molecule has 1 amide bonds. The summed E-state index contributed by atoms with van der Waals surface area (Å²) in [6.07, 6.45) is 4.87. The summed E-state index contributed by atoms with van der Waals surface area (Å²) in [4.78, 5) is 25.5. The number of para-hydroxylation sites is 1. The second-order valence-electron chi connectivity index (χ2n) is 7.85. The lowest BCUT2D eigenvalue weighted by atomic mass is 10.0. The summed E-state index contributed by atoms with van der Waals surface area (Å²) >= 11 is 0. The number of rotatable bonds is 7. The molecule has 3 aromatic heterocycles. The molecule has 0 bridgehead atoms. The van der Waals surface area contributed by atoms with Gasteiger partial charge in [0.1, 0.15) is 11.3 Å². The molecule has 0 saturated heterocycles. The van der Waals surface area contributed by atoms with Crippen LogP contribution < -0.4 is 5.32 Å². The molecule has 0 aliphatic rings. The molecule has 4 aromatic rings. The Morgan fingerprint density at radius 2 is 2.03 bits per heavy atom. The fourth-order valence-electron chi connectivity index (χ4n) is 3.95. The molecule has 0 spiro atoms. The van der Waals surface area contributed by atoms with E-state index in [2.05, 4.69) is 40.6 Å². The van der Waals surface area contributed by atoms with Crippen molar-refractivity contribution in [2.24, 2.45) is 5.92 Å². The normalized spacial score (nSPS) is 12.7. The summed E-state index contributed by atoms with van der Waals surface area (Å²) in [5.74, 6) is 1.30. The molecule has 0 fully saturated rings. The van der Waals surface area contributed by atoms with E-state index < -0.39 is 0 Å². The maximum atomic E-state index is 13.0. The second-order valence-corrected chi connectivity index (χ2v) is 7.85. The first-order valence-electron chi connectivity index (χ1n) is 10.2. The number of carbonyl (C=O) groups excluding carboxylic acids is 1. The smallest absolute Gasteiger partial charge is 0.225 e. The van der Waals surface area contributed by atoms with Crippen LogP contribution in [0.5, 0.6) is 0 Å². The van der Waals surface area contributed by atoms with Crippen molar-refractivity contribution in [2.75, 3.05) is 0 Å². The molecule has 4 rings (SSSR count). The molecular formula is C23H27N5O. The first-order valence-corrected chi connectivity index (χ1v) is 10.2. The van der Waals surface area contributed by atoms with Crippen molar-refractivity contribution in [3.63, 3.8) is 0 Å². The maximum Gasteiger partial charge on any atom is 0.225 e. The number of hydrogen-bond donors (Lipinski definition) is 2. The van der Waals surface area contributed by atoms with Gasteiger partial charge in [0.05, 0.1) is 12.5 Å². The third-order valence-corrected chi connectivity index (χ3v) is 5.23. The maximum absolute atomic E-state index is 13.0. The van der Waals surface area contributed by atoms with Crippen molar-refractivity contribution in [2.45, 2.75) is 46.2 Å². The minimum absolute atomic E-state index is 0.00284. The lowest BCUT2D eigenvalue weighted by Crippen LogP contribution is -2.32. The van der Waals surface area contributed by atoms with Gasteiger partial charge in [0.2, 0.25) is 5.91 Å². The van der Waals surface area contributed by atoms with Crippen LogP contribution in [0.1, 0.15) is 44.6 Å². The molecule has 0 radical (unpaired) electrons. The molecule has 150 valence electrons. The van der Waals surface area contributed by atoms with Crippen LogP contribution in [0.3, 0.4) is 0 Å². The largest absolute Gasteiger partial charge is 0.361 e. The summed E-state index contributed by atoms with van der Waals surface area (Å²) in [6.45, 7) is 7.17. The molecule has 1 aromatic carbocycles. The summed E-state index contributed by atoms with van der Waals surface area (Å²) in [6, 6.07) is 11.8. The van der Waals surface area contributed by atoms with Gasteiger partial charge in [0, 0.05) is 29.8 Å². The van der Waals surface area contributed by atoms with Gasteiger partial charge in [-0.2, -0.15) is 0 Å². The zero-order chi connectivity index (χ0) is 20.4. The number of amides is 1. The third-order valence-electron chi connectivity index (χ3n) is 5.23. The molecule has 6 nitrogen and oxygen atoms in total. The topological polar surface area (TPSA) is 75.6 Å². The lowest BCUT2D eigenvalue weighted by molar-refractivity contribution is -0.121. The molecular weight excluding hydrogens is 362 g/mol. The van der Waals surface area contributed by atoms with E-state index in [0.717, 1.165) is 46.4 Å². The zero-order valence-corrected chi connectivity index (χ0v) is 17.1. The van der Waals surface area contributed by atoms with E-state index in [0.29, 0.717) is 12.3 Å². The number of imidazole rings is 1. The number of hydrogen-bond acceptors (Lipinski definition) is 3. The predicted molar refractivity (Wildman–Crippen MR) is 116 cm³/mol. The predicted octanol–water partition coefficient (Wildman–Crippen LogP) is 4.38. The molecule has 0 aliphatic carbocycles. The van der Waals surface area contributed by atoms with Gasteiger partial charge in [0.25, 0.3) is 0 Å². The number of aromatic amines is 1. The summed E-state index contributed by atoms with van der Waals surface area (Å²) in [5, 5.41) is 4.33. The van der Waals surface area contributed by atoms with Gasteiger partial charge < -0.3 is 14.9 Å². The monoisotopic (exact) mass is 389 g/mol. The molecule has 3 heterocycles. The first kappa shape index (κ1) is 19.2. The Bertz CT molecular complexity index is 1140. The van der Waals surface area contributed by atoms with Crippen molar-refractivity contribution in [3.8, 4) is 0 Å². The Labute approximate surface area is 170 Å². The molecule has 2 N–H and O–H groups in total. The van der Waals surface area contributed by atoms with E-state index >= 15 is 0 Å². The molecule has 29 heavy (non-hydrogen) atoms. The quantitative estimate of drug-likeness (QED) is 0.492. The van der Waals surface area contributed by atoms with Crippen LogP contribution in [0, 0.1) is 5.92 Å². The van der Waals surface area contributed by atoms with Crippen molar-refractivity contribution in [1.82, 2.24) is 24.8 Å². The molecule has 6 heteroatoms. The fourth-order valence-corrected chi connectivity index (χ4v) is 3.95. The molecule has 0 saturated carbocycles. The molecule has 1 unspecified atom stereocenters. The zero-order valence-electron chi connectivity index (χ0n) is 17.1. The fraction of sp³-hybridized carbons (Fsp3) is 0.348. The Morgan fingerprint density at radius 3 is 2.83 bits per heavy atom. The van der Waals surface area contributed by atoms with E-state index in [1.54, 1.807) is 6.20 Å². The van der Waals surface area contributed by atoms with E-state index in [9.17, 15) is 4.79 Å². The number of nitrogens with one attached hydrogen (secondary N) is 2. The van der Waals surface area contributed by atoms with Crippen LogP contribution in [-0.2, 0) is 17.8 Å². The van der Waals surface area contributed by atoms with Crippen LogP contribution >= 0.6 is 0 Å². The number of carbonyl (C=O) groups is 1.